The molecule has 0 bridgehead atoms. The Morgan fingerprint density at radius 1 is 1.00 bits per heavy atom. The minimum absolute atomic E-state index is 0.214. The van der Waals surface area contributed by atoms with Crippen LogP contribution in [0, 0.1) is 40.4 Å². The quantitative estimate of drug-likeness (QED) is 0.502. The van der Waals surface area contributed by atoms with E-state index in [2.05, 4.69) is 20.8 Å². The van der Waals surface area contributed by atoms with Gasteiger partial charge in [0.25, 0.3) is 0 Å². The van der Waals surface area contributed by atoms with Gasteiger partial charge in [-0.15, -0.1) is 0 Å². The zero-order valence-corrected chi connectivity index (χ0v) is 14.1. The van der Waals surface area contributed by atoms with Crippen molar-refractivity contribution in [2.75, 3.05) is 0 Å². The van der Waals surface area contributed by atoms with Crippen molar-refractivity contribution < 1.29 is 14.3 Å². The zero-order chi connectivity index (χ0) is 15.7. The Kier molecular flexibility index (Phi) is 3.06. The van der Waals surface area contributed by atoms with Gasteiger partial charge in [0.2, 0.25) is 0 Å². The highest BCUT2D eigenvalue weighted by Gasteiger charge is 2.63. The lowest BCUT2D eigenvalue weighted by atomic mass is 9.46. The third-order valence-corrected chi connectivity index (χ3v) is 8.44. The number of carbonyl (C=O) groups is 2. The highest BCUT2D eigenvalue weighted by atomic mass is 16.6. The van der Waals surface area contributed by atoms with E-state index < -0.39 is 5.41 Å². The molecule has 0 spiro atoms. The van der Waals surface area contributed by atoms with Crippen LogP contribution in [0.2, 0.25) is 0 Å². The lowest BCUT2D eigenvalue weighted by Crippen LogP contribution is -2.57. The number of ether oxygens (including phenoxy) is 1. The molecule has 3 heteroatoms. The molecule has 1 heterocycles. The molecule has 122 valence electrons. The van der Waals surface area contributed by atoms with Gasteiger partial charge in [0.05, 0.1) is 5.41 Å². The molecule has 7 atom stereocenters. The van der Waals surface area contributed by atoms with Gasteiger partial charge >= 0.3 is 11.9 Å². The van der Waals surface area contributed by atoms with Gasteiger partial charge in [0.15, 0.2) is 0 Å². The largest absolute Gasteiger partial charge is 0.393 e. The second-order valence-electron chi connectivity index (χ2n) is 8.92. The van der Waals surface area contributed by atoms with Crippen molar-refractivity contribution in [3.05, 3.63) is 0 Å². The summed E-state index contributed by atoms with van der Waals surface area (Å²) in [5.74, 6) is 2.35. The number of cyclic esters (lactones) is 2. The van der Waals surface area contributed by atoms with E-state index in [0.717, 1.165) is 24.7 Å². The fourth-order valence-electron chi connectivity index (χ4n) is 6.78. The average molecular weight is 304 g/mol. The Bertz CT molecular complexity index is 527. The molecule has 0 aromatic rings. The Balaban J connectivity index is 1.69. The van der Waals surface area contributed by atoms with Crippen molar-refractivity contribution in [1.29, 1.82) is 0 Å². The molecule has 22 heavy (non-hydrogen) atoms. The SMILES string of the molecule is C[C@@H]1CC[C@H]2[C@@H]3CCC4CC(=O)OC(=O)[C@]4(C)C3CC[C@]12C. The predicted octanol–water partition coefficient (Wildman–Crippen LogP) is 3.95. The molecule has 4 rings (SSSR count). The molecule has 1 saturated heterocycles. The normalized spacial score (nSPS) is 54.2. The van der Waals surface area contributed by atoms with Gasteiger partial charge in [0, 0.05) is 6.42 Å². The first-order valence-electron chi connectivity index (χ1n) is 9.12. The lowest BCUT2D eigenvalue weighted by Gasteiger charge is -2.58. The summed E-state index contributed by atoms with van der Waals surface area (Å²) in [6.45, 7) is 7.01. The molecule has 3 saturated carbocycles. The van der Waals surface area contributed by atoms with Gasteiger partial charge in [-0.1, -0.05) is 13.8 Å². The van der Waals surface area contributed by atoms with E-state index in [-0.39, 0.29) is 17.9 Å². The molecular weight excluding hydrogens is 276 g/mol. The molecular formula is C19H28O3. The third kappa shape index (κ3) is 1.68. The molecule has 2 unspecified atom stereocenters. The van der Waals surface area contributed by atoms with Crippen molar-refractivity contribution in [3.8, 4) is 0 Å². The summed E-state index contributed by atoms with van der Waals surface area (Å²) in [7, 11) is 0. The summed E-state index contributed by atoms with van der Waals surface area (Å²) < 4.78 is 5.09. The van der Waals surface area contributed by atoms with E-state index in [1.165, 1.54) is 25.7 Å². The fourth-order valence-corrected chi connectivity index (χ4v) is 6.78. The molecule has 1 aliphatic heterocycles. The van der Waals surface area contributed by atoms with E-state index in [4.69, 9.17) is 4.74 Å². The Morgan fingerprint density at radius 3 is 2.55 bits per heavy atom. The number of fused-ring (bicyclic) bond motifs is 5. The average Bonchev–Trinajstić information content (AvgIpc) is 2.77. The van der Waals surface area contributed by atoms with Crippen LogP contribution in [0.15, 0.2) is 0 Å². The molecule has 3 nitrogen and oxygen atoms in total. The third-order valence-electron chi connectivity index (χ3n) is 8.44. The fraction of sp³-hybridized carbons (Fsp3) is 0.895. The summed E-state index contributed by atoms with van der Waals surface area (Å²) in [6, 6.07) is 0. The molecule has 3 aliphatic carbocycles. The van der Waals surface area contributed by atoms with Gasteiger partial charge in [-0.3, -0.25) is 9.59 Å². The van der Waals surface area contributed by atoms with Crippen LogP contribution < -0.4 is 0 Å². The first-order valence-corrected chi connectivity index (χ1v) is 9.12. The Hall–Kier alpha value is -0.860. The van der Waals surface area contributed by atoms with Crippen LogP contribution in [0.3, 0.4) is 0 Å². The number of esters is 2. The minimum atomic E-state index is -0.413. The van der Waals surface area contributed by atoms with Crippen LogP contribution in [-0.4, -0.2) is 11.9 Å². The van der Waals surface area contributed by atoms with Crippen molar-refractivity contribution >= 4 is 11.9 Å². The van der Waals surface area contributed by atoms with Gasteiger partial charge in [-0.25, -0.2) is 0 Å². The van der Waals surface area contributed by atoms with Crippen LogP contribution in [-0.2, 0) is 14.3 Å². The van der Waals surface area contributed by atoms with Crippen molar-refractivity contribution in [2.45, 2.75) is 65.7 Å². The van der Waals surface area contributed by atoms with E-state index in [9.17, 15) is 9.59 Å². The number of hydrogen-bond acceptors (Lipinski definition) is 3. The molecule has 0 aromatic heterocycles. The van der Waals surface area contributed by atoms with Gasteiger partial charge < -0.3 is 4.74 Å². The molecule has 0 amide bonds. The summed E-state index contributed by atoms with van der Waals surface area (Å²) in [5.41, 5.74) is 0.0583. The summed E-state index contributed by atoms with van der Waals surface area (Å²) in [5, 5.41) is 0. The van der Waals surface area contributed by atoms with Crippen LogP contribution in [0.5, 0.6) is 0 Å². The van der Waals surface area contributed by atoms with Crippen molar-refractivity contribution in [2.24, 2.45) is 40.4 Å². The molecule has 0 radical (unpaired) electrons. The van der Waals surface area contributed by atoms with Gasteiger partial charge in [-0.2, -0.15) is 0 Å². The smallest absolute Gasteiger partial charge is 0.320 e. The molecule has 4 fully saturated rings. The first-order chi connectivity index (χ1) is 10.4. The predicted molar refractivity (Wildman–Crippen MR) is 82.8 cm³/mol. The van der Waals surface area contributed by atoms with E-state index in [1.807, 2.05) is 0 Å². The topological polar surface area (TPSA) is 43.4 Å². The second-order valence-corrected chi connectivity index (χ2v) is 8.92. The number of hydrogen-bond donors (Lipinski definition) is 0. The zero-order valence-electron chi connectivity index (χ0n) is 14.1. The second kappa shape index (κ2) is 4.58. The van der Waals surface area contributed by atoms with Gasteiger partial charge in [0.1, 0.15) is 0 Å². The maximum atomic E-state index is 12.6. The van der Waals surface area contributed by atoms with Crippen molar-refractivity contribution in [3.63, 3.8) is 0 Å². The van der Waals surface area contributed by atoms with Crippen LogP contribution >= 0.6 is 0 Å². The molecule has 0 aromatic carbocycles. The van der Waals surface area contributed by atoms with E-state index in [1.54, 1.807) is 0 Å². The highest BCUT2D eigenvalue weighted by molar-refractivity contribution is 5.92. The van der Waals surface area contributed by atoms with Crippen LogP contribution in [0.4, 0.5) is 0 Å². The Labute approximate surface area is 133 Å². The number of carbonyl (C=O) groups excluding carboxylic acids is 2. The van der Waals surface area contributed by atoms with Crippen molar-refractivity contribution in [1.82, 2.24) is 0 Å². The minimum Gasteiger partial charge on any atom is -0.393 e. The maximum absolute atomic E-state index is 12.6. The summed E-state index contributed by atoms with van der Waals surface area (Å²) in [4.78, 5) is 24.3. The first kappa shape index (κ1) is 14.7. The summed E-state index contributed by atoms with van der Waals surface area (Å²) >= 11 is 0. The monoisotopic (exact) mass is 304 g/mol. The van der Waals surface area contributed by atoms with E-state index in [0.29, 0.717) is 23.7 Å². The van der Waals surface area contributed by atoms with E-state index >= 15 is 0 Å². The standard InChI is InChI=1S/C19H28O3/c1-11-4-7-14-13-6-5-12-10-16(20)22-17(21)19(12,3)15(13)8-9-18(11,14)2/h11-15H,4-10H2,1-3H3/t11-,12?,13+,14+,15?,18-,19+/m1/s1. The molecule has 0 N–H and O–H groups in total. The van der Waals surface area contributed by atoms with Crippen LogP contribution in [0.1, 0.15) is 65.7 Å². The Morgan fingerprint density at radius 2 is 1.77 bits per heavy atom. The maximum Gasteiger partial charge on any atom is 0.320 e. The van der Waals surface area contributed by atoms with Crippen LogP contribution in [0.25, 0.3) is 0 Å². The number of rotatable bonds is 0. The highest BCUT2D eigenvalue weighted by Crippen LogP contribution is 2.66. The lowest BCUT2D eigenvalue weighted by molar-refractivity contribution is -0.194. The summed E-state index contributed by atoms with van der Waals surface area (Å²) in [6.07, 6.45) is 7.73. The molecule has 4 aliphatic rings. The van der Waals surface area contributed by atoms with Gasteiger partial charge in [-0.05, 0) is 80.5 Å².